The van der Waals surface area contributed by atoms with Gasteiger partial charge in [0.05, 0.1) is 41.0 Å². The molecule has 0 bridgehead atoms. The number of carbonyl (C=O) groups is 1. The Morgan fingerprint density at radius 3 is 2.81 bits per heavy atom. The molecule has 7 nitrogen and oxygen atoms in total. The van der Waals surface area contributed by atoms with E-state index in [9.17, 15) is 14.3 Å². The highest BCUT2D eigenvalue weighted by Crippen LogP contribution is 2.35. The number of nitrogens with one attached hydrogen (secondary N) is 2. The topological polar surface area (TPSA) is 96.5 Å². The van der Waals surface area contributed by atoms with Crippen LogP contribution in [0.5, 0.6) is 11.5 Å². The molecule has 0 saturated carbocycles. The van der Waals surface area contributed by atoms with Crippen molar-refractivity contribution in [1.82, 2.24) is 9.97 Å². The minimum atomic E-state index is -0.493. The molecular weight excluding hydrogens is 497 g/mol. The summed E-state index contributed by atoms with van der Waals surface area (Å²) in [5.41, 5.74) is 3.13. The quantitative estimate of drug-likeness (QED) is 0.249. The maximum atomic E-state index is 14.0. The molecule has 1 aliphatic heterocycles. The number of carbonyl (C=O) groups excluding carboxylic acids is 1. The Morgan fingerprint density at radius 1 is 1.27 bits per heavy atom. The number of rotatable bonds is 8. The zero-order chi connectivity index (χ0) is 25.9. The monoisotopic (exact) mass is 523 g/mol. The summed E-state index contributed by atoms with van der Waals surface area (Å²) < 4.78 is 25.3. The van der Waals surface area contributed by atoms with Crippen LogP contribution in [0.15, 0.2) is 54.9 Å². The molecule has 9 heteroatoms. The fraction of sp³-hybridized carbons (Fsp3) is 0.286. The van der Waals surface area contributed by atoms with E-state index in [0.29, 0.717) is 34.5 Å². The van der Waals surface area contributed by atoms with Gasteiger partial charge < -0.3 is 24.9 Å². The van der Waals surface area contributed by atoms with Crippen molar-refractivity contribution < 1.29 is 23.8 Å². The van der Waals surface area contributed by atoms with Crippen molar-refractivity contribution in [3.8, 4) is 11.5 Å². The first-order valence-corrected chi connectivity index (χ1v) is 12.6. The van der Waals surface area contributed by atoms with E-state index in [1.54, 1.807) is 36.7 Å². The summed E-state index contributed by atoms with van der Waals surface area (Å²) in [6.45, 7) is 2.50. The molecule has 3 heterocycles. The number of H-pyrrole nitrogens is 1. The number of pyridine rings is 1. The Balaban J connectivity index is 1.46. The van der Waals surface area contributed by atoms with Gasteiger partial charge in [-0.15, -0.1) is 0 Å². The maximum absolute atomic E-state index is 14.0. The predicted octanol–water partition coefficient (Wildman–Crippen LogP) is 5.89. The average molecular weight is 524 g/mol. The van der Waals surface area contributed by atoms with Crippen molar-refractivity contribution in [3.63, 3.8) is 0 Å². The molecule has 2 aromatic heterocycles. The van der Waals surface area contributed by atoms with Crippen LogP contribution < -0.4 is 10.1 Å². The maximum Gasteiger partial charge on any atom is 0.196 e. The third-order valence-electron chi connectivity index (χ3n) is 6.58. The zero-order valence-corrected chi connectivity index (χ0v) is 21.0. The summed E-state index contributed by atoms with van der Waals surface area (Å²) >= 11 is 6.51. The van der Waals surface area contributed by atoms with Gasteiger partial charge in [-0.25, -0.2) is 9.37 Å². The van der Waals surface area contributed by atoms with E-state index in [4.69, 9.17) is 21.1 Å². The van der Waals surface area contributed by atoms with Crippen LogP contribution in [0.25, 0.3) is 11.0 Å². The fourth-order valence-corrected chi connectivity index (χ4v) is 4.81. The normalized spacial score (nSPS) is 17.6. The first-order valence-electron chi connectivity index (χ1n) is 12.2. The molecule has 1 saturated heterocycles. The summed E-state index contributed by atoms with van der Waals surface area (Å²) in [4.78, 5) is 21.3. The number of aliphatic hydroxyl groups excluding tert-OH is 1. The number of aliphatic hydroxyl groups is 1. The number of benzene rings is 2. The highest BCUT2D eigenvalue weighted by molar-refractivity contribution is 6.36. The molecule has 0 aliphatic carbocycles. The molecule has 2 aromatic carbocycles. The van der Waals surface area contributed by atoms with Gasteiger partial charge in [-0.05, 0) is 49.1 Å². The van der Waals surface area contributed by atoms with E-state index in [0.717, 1.165) is 30.5 Å². The van der Waals surface area contributed by atoms with Crippen molar-refractivity contribution in [1.29, 1.82) is 0 Å². The summed E-state index contributed by atoms with van der Waals surface area (Å²) in [5, 5.41) is 13.8. The molecule has 37 heavy (non-hydrogen) atoms. The van der Waals surface area contributed by atoms with Gasteiger partial charge in [-0.1, -0.05) is 30.7 Å². The highest BCUT2D eigenvalue weighted by Gasteiger charge is 2.25. The molecule has 5 rings (SSSR count). The van der Waals surface area contributed by atoms with Gasteiger partial charge in [0.15, 0.2) is 17.3 Å². The molecule has 2 atom stereocenters. The number of hydrogen-bond acceptors (Lipinski definition) is 6. The lowest BCUT2D eigenvalue weighted by atomic mass is 9.99. The summed E-state index contributed by atoms with van der Waals surface area (Å²) in [5.74, 6) is -0.374. The minimum absolute atomic E-state index is 0.00771. The van der Waals surface area contributed by atoms with Gasteiger partial charge in [0.1, 0.15) is 11.4 Å². The first-order chi connectivity index (χ1) is 18.0. The number of anilines is 1. The van der Waals surface area contributed by atoms with Crippen molar-refractivity contribution in [2.75, 3.05) is 18.5 Å². The highest BCUT2D eigenvalue weighted by atomic mass is 35.5. The van der Waals surface area contributed by atoms with Crippen LogP contribution in [0.2, 0.25) is 5.02 Å². The van der Waals surface area contributed by atoms with Crippen LogP contribution in [0.4, 0.5) is 10.1 Å². The van der Waals surface area contributed by atoms with Crippen molar-refractivity contribution in [2.24, 2.45) is 0 Å². The van der Waals surface area contributed by atoms with E-state index in [1.165, 1.54) is 18.2 Å². The second-order valence-corrected chi connectivity index (χ2v) is 9.40. The van der Waals surface area contributed by atoms with Crippen LogP contribution in [0.1, 0.15) is 41.3 Å². The van der Waals surface area contributed by atoms with Gasteiger partial charge in [-0.3, -0.25) is 4.79 Å². The van der Waals surface area contributed by atoms with Crippen LogP contribution in [0, 0.1) is 5.82 Å². The molecule has 1 fully saturated rings. The van der Waals surface area contributed by atoms with E-state index in [2.05, 4.69) is 15.3 Å². The molecule has 0 spiro atoms. The largest absolute Gasteiger partial charge is 0.454 e. The Hall–Kier alpha value is -3.46. The second-order valence-electron chi connectivity index (χ2n) is 9.00. The number of para-hydroxylation sites is 1. The lowest BCUT2D eigenvalue weighted by molar-refractivity contribution is -0.0223. The number of nitrogens with zero attached hydrogens (tertiary/aromatic N) is 1. The SMILES string of the molecule is CCc1cnc2[nH]cc(C(=O)c3ccc(Oc4ccccc4F)cc3Cl)c2c1N[C@@H]1CC[C@@H](CO)OC1. The van der Waals surface area contributed by atoms with Gasteiger partial charge in [0.25, 0.3) is 0 Å². The molecule has 192 valence electrons. The van der Waals surface area contributed by atoms with Crippen LogP contribution in [0.3, 0.4) is 0 Å². The minimum Gasteiger partial charge on any atom is -0.454 e. The Labute approximate surface area is 218 Å². The number of aromatic nitrogens is 2. The van der Waals surface area contributed by atoms with E-state index in [-0.39, 0.29) is 35.3 Å². The van der Waals surface area contributed by atoms with E-state index >= 15 is 0 Å². The fourth-order valence-electron chi connectivity index (χ4n) is 4.56. The number of ether oxygens (including phenoxy) is 2. The van der Waals surface area contributed by atoms with Crippen molar-refractivity contribution >= 4 is 34.1 Å². The van der Waals surface area contributed by atoms with Gasteiger partial charge in [0, 0.05) is 30.1 Å². The lowest BCUT2D eigenvalue weighted by Gasteiger charge is -2.30. The predicted molar refractivity (Wildman–Crippen MR) is 140 cm³/mol. The second kappa shape index (κ2) is 10.9. The summed E-state index contributed by atoms with van der Waals surface area (Å²) in [6, 6.07) is 10.8. The third-order valence-corrected chi connectivity index (χ3v) is 6.89. The molecule has 4 aromatic rings. The zero-order valence-electron chi connectivity index (χ0n) is 20.3. The number of ketones is 1. The molecule has 0 unspecified atom stereocenters. The molecule has 1 aliphatic rings. The summed E-state index contributed by atoms with van der Waals surface area (Å²) in [7, 11) is 0. The van der Waals surface area contributed by atoms with Crippen molar-refractivity contribution in [2.45, 2.75) is 38.3 Å². The van der Waals surface area contributed by atoms with E-state index in [1.807, 2.05) is 6.92 Å². The standard InChI is InChI=1S/C28H27ClFN3O4/c1-2-16-12-31-28-25(26(16)33-17-7-8-19(14-34)36-15-17)21(13-32-28)27(35)20-10-9-18(11-22(20)29)37-24-6-4-3-5-23(24)30/h3-6,9-13,17,19,34H,2,7-8,14-15H2,1H3,(H2,31,32,33)/t17-,19+/m1/s1. The van der Waals surface area contributed by atoms with Crippen molar-refractivity contribution in [3.05, 3.63) is 82.4 Å². The van der Waals surface area contributed by atoms with Crippen LogP contribution >= 0.6 is 11.6 Å². The van der Waals surface area contributed by atoms with Gasteiger partial charge >= 0.3 is 0 Å². The summed E-state index contributed by atoms with van der Waals surface area (Å²) in [6.07, 6.45) is 5.61. The molecule has 3 N–H and O–H groups in total. The number of fused-ring (bicyclic) bond motifs is 1. The molecule has 0 amide bonds. The van der Waals surface area contributed by atoms with E-state index < -0.39 is 5.82 Å². The Morgan fingerprint density at radius 2 is 2.11 bits per heavy atom. The van der Waals surface area contributed by atoms with Gasteiger partial charge in [-0.2, -0.15) is 0 Å². The smallest absolute Gasteiger partial charge is 0.196 e. The number of aryl methyl sites for hydroxylation is 1. The average Bonchev–Trinajstić information content (AvgIpc) is 3.35. The van der Waals surface area contributed by atoms with Crippen LogP contribution in [-0.4, -0.2) is 46.2 Å². The first kappa shape index (κ1) is 25.2. The molecule has 0 radical (unpaired) electrons. The Kier molecular flexibility index (Phi) is 7.41. The third kappa shape index (κ3) is 5.18. The molecular formula is C28H27ClFN3O4. The number of aromatic amines is 1. The number of hydrogen-bond donors (Lipinski definition) is 3. The van der Waals surface area contributed by atoms with Crippen LogP contribution in [-0.2, 0) is 11.2 Å². The lowest BCUT2D eigenvalue weighted by Crippen LogP contribution is -2.36. The van der Waals surface area contributed by atoms with Gasteiger partial charge in [0.2, 0.25) is 0 Å². The Bertz CT molecular complexity index is 1430. The number of halogens is 2.